The summed E-state index contributed by atoms with van der Waals surface area (Å²) in [5, 5.41) is 4.11. The lowest BCUT2D eigenvalue weighted by atomic mass is 10.2. The van der Waals surface area contributed by atoms with Gasteiger partial charge in [-0.2, -0.15) is 5.10 Å². The van der Waals surface area contributed by atoms with Crippen LogP contribution in [-0.4, -0.2) is 32.3 Å². The smallest absolute Gasteiger partial charge is 0.266 e. The van der Waals surface area contributed by atoms with Crippen LogP contribution in [0.15, 0.2) is 41.6 Å². The number of hydrogen-bond donors (Lipinski definition) is 0. The van der Waals surface area contributed by atoms with Gasteiger partial charge in [-0.25, -0.2) is 14.6 Å². The lowest BCUT2D eigenvalue weighted by molar-refractivity contribution is 0.485. The third-order valence-electron chi connectivity index (χ3n) is 3.36. The fourth-order valence-corrected chi connectivity index (χ4v) is 2.45. The van der Waals surface area contributed by atoms with Crippen LogP contribution in [0, 0.1) is 0 Å². The molecule has 1 aliphatic rings. The van der Waals surface area contributed by atoms with Crippen LogP contribution in [-0.2, 0) is 6.54 Å². The lowest BCUT2D eigenvalue weighted by Gasteiger charge is -2.24. The summed E-state index contributed by atoms with van der Waals surface area (Å²) >= 11 is 0. The minimum absolute atomic E-state index is 0.0664. The van der Waals surface area contributed by atoms with Crippen LogP contribution in [0.3, 0.4) is 0 Å². The van der Waals surface area contributed by atoms with Gasteiger partial charge in [0.25, 0.3) is 5.56 Å². The first-order valence-electron chi connectivity index (χ1n) is 6.40. The number of hydrogen-bond acceptors (Lipinski definition) is 5. The van der Waals surface area contributed by atoms with E-state index in [2.05, 4.69) is 20.0 Å². The normalized spacial score (nSPS) is 18.7. The Labute approximate surface area is 110 Å². The molecule has 0 bridgehead atoms. The predicted molar refractivity (Wildman–Crippen MR) is 70.9 cm³/mol. The van der Waals surface area contributed by atoms with Crippen LogP contribution in [0.2, 0.25) is 0 Å². The molecule has 1 atom stereocenters. The van der Waals surface area contributed by atoms with Gasteiger partial charge in [0.05, 0.1) is 12.6 Å². The zero-order valence-electron chi connectivity index (χ0n) is 10.5. The molecule has 6 heteroatoms. The fourth-order valence-electron chi connectivity index (χ4n) is 2.45. The SMILES string of the molecule is O=c1cccnn1CC1CCCN1c1ncccn1. The van der Waals surface area contributed by atoms with Gasteiger partial charge in [0.2, 0.25) is 5.95 Å². The summed E-state index contributed by atoms with van der Waals surface area (Å²) in [6.45, 7) is 1.51. The highest BCUT2D eigenvalue weighted by molar-refractivity contribution is 5.32. The minimum atomic E-state index is -0.0664. The highest BCUT2D eigenvalue weighted by atomic mass is 16.1. The van der Waals surface area contributed by atoms with E-state index in [4.69, 9.17) is 0 Å². The molecule has 2 aromatic heterocycles. The average Bonchev–Trinajstić information content (AvgIpc) is 2.91. The summed E-state index contributed by atoms with van der Waals surface area (Å²) in [5.41, 5.74) is -0.0664. The summed E-state index contributed by atoms with van der Waals surface area (Å²) in [6.07, 6.45) is 7.24. The Morgan fingerprint density at radius 3 is 2.84 bits per heavy atom. The van der Waals surface area contributed by atoms with Gasteiger partial charge in [0, 0.05) is 31.2 Å². The molecule has 3 heterocycles. The van der Waals surface area contributed by atoms with Gasteiger partial charge in [0.15, 0.2) is 0 Å². The van der Waals surface area contributed by atoms with E-state index < -0.39 is 0 Å². The van der Waals surface area contributed by atoms with E-state index in [1.807, 2.05) is 0 Å². The number of rotatable bonds is 3. The maximum atomic E-state index is 11.7. The number of anilines is 1. The van der Waals surface area contributed by atoms with Crippen molar-refractivity contribution in [3.63, 3.8) is 0 Å². The average molecular weight is 257 g/mol. The molecule has 98 valence electrons. The van der Waals surface area contributed by atoms with Crippen LogP contribution in [0.25, 0.3) is 0 Å². The van der Waals surface area contributed by atoms with Crippen molar-refractivity contribution in [2.75, 3.05) is 11.4 Å². The highest BCUT2D eigenvalue weighted by Crippen LogP contribution is 2.22. The molecule has 1 saturated heterocycles. The first-order valence-corrected chi connectivity index (χ1v) is 6.40. The molecule has 0 aliphatic carbocycles. The topological polar surface area (TPSA) is 63.9 Å². The Morgan fingerprint density at radius 1 is 1.21 bits per heavy atom. The Bertz CT molecular complexity index is 597. The predicted octanol–water partition coefficient (Wildman–Crippen LogP) is 0.702. The highest BCUT2D eigenvalue weighted by Gasteiger charge is 2.27. The molecular formula is C13H15N5O. The van der Waals surface area contributed by atoms with E-state index in [9.17, 15) is 4.79 Å². The van der Waals surface area contributed by atoms with Crippen LogP contribution in [0.4, 0.5) is 5.95 Å². The third kappa shape index (κ3) is 2.47. The van der Waals surface area contributed by atoms with Gasteiger partial charge in [0.1, 0.15) is 0 Å². The van der Waals surface area contributed by atoms with Crippen LogP contribution < -0.4 is 10.5 Å². The molecule has 1 aliphatic heterocycles. The number of nitrogens with zero attached hydrogens (tertiary/aromatic N) is 5. The van der Waals surface area contributed by atoms with Crippen molar-refractivity contribution in [3.05, 3.63) is 47.1 Å². The maximum Gasteiger partial charge on any atom is 0.266 e. The number of aromatic nitrogens is 4. The largest absolute Gasteiger partial charge is 0.336 e. The van der Waals surface area contributed by atoms with E-state index in [0.717, 1.165) is 25.3 Å². The Morgan fingerprint density at radius 2 is 2.05 bits per heavy atom. The van der Waals surface area contributed by atoms with Crippen LogP contribution in [0.1, 0.15) is 12.8 Å². The molecule has 0 saturated carbocycles. The van der Waals surface area contributed by atoms with Gasteiger partial charge < -0.3 is 4.90 Å². The zero-order chi connectivity index (χ0) is 13.1. The van der Waals surface area contributed by atoms with Crippen molar-refractivity contribution in [1.29, 1.82) is 0 Å². The molecule has 0 amide bonds. The lowest BCUT2D eigenvalue weighted by Crippen LogP contribution is -2.37. The van der Waals surface area contributed by atoms with Crippen LogP contribution in [0.5, 0.6) is 0 Å². The minimum Gasteiger partial charge on any atom is -0.336 e. The molecule has 0 spiro atoms. The quantitative estimate of drug-likeness (QED) is 0.810. The van der Waals surface area contributed by atoms with Crippen molar-refractivity contribution >= 4 is 5.95 Å². The second kappa shape index (κ2) is 5.17. The first kappa shape index (κ1) is 11.8. The van der Waals surface area contributed by atoms with E-state index in [0.29, 0.717) is 6.54 Å². The van der Waals surface area contributed by atoms with Gasteiger partial charge in [-0.1, -0.05) is 0 Å². The van der Waals surface area contributed by atoms with E-state index in [-0.39, 0.29) is 11.6 Å². The van der Waals surface area contributed by atoms with Gasteiger partial charge in [-0.15, -0.1) is 0 Å². The molecular weight excluding hydrogens is 242 g/mol. The van der Waals surface area contributed by atoms with E-state index >= 15 is 0 Å². The maximum absolute atomic E-state index is 11.7. The fraction of sp³-hybridized carbons (Fsp3) is 0.385. The Balaban J connectivity index is 1.81. The van der Waals surface area contributed by atoms with Crippen molar-refractivity contribution in [1.82, 2.24) is 19.7 Å². The van der Waals surface area contributed by atoms with Gasteiger partial charge in [-0.05, 0) is 25.0 Å². The first-order chi connectivity index (χ1) is 9.34. The molecule has 0 radical (unpaired) electrons. The molecule has 1 unspecified atom stereocenters. The van der Waals surface area contributed by atoms with Crippen molar-refractivity contribution in [2.24, 2.45) is 0 Å². The summed E-state index contributed by atoms with van der Waals surface area (Å²) in [6, 6.07) is 5.23. The van der Waals surface area contributed by atoms with Crippen molar-refractivity contribution in [2.45, 2.75) is 25.4 Å². The molecule has 19 heavy (non-hydrogen) atoms. The van der Waals surface area contributed by atoms with E-state index in [1.54, 1.807) is 30.7 Å². The zero-order valence-corrected chi connectivity index (χ0v) is 10.5. The monoisotopic (exact) mass is 257 g/mol. The third-order valence-corrected chi connectivity index (χ3v) is 3.36. The van der Waals surface area contributed by atoms with Crippen molar-refractivity contribution < 1.29 is 0 Å². The summed E-state index contributed by atoms with van der Waals surface area (Å²) < 4.78 is 1.51. The van der Waals surface area contributed by atoms with Gasteiger partial charge >= 0.3 is 0 Å². The molecule has 3 rings (SSSR count). The van der Waals surface area contributed by atoms with Crippen molar-refractivity contribution in [3.8, 4) is 0 Å². The molecule has 2 aromatic rings. The Kier molecular flexibility index (Phi) is 3.22. The summed E-state index contributed by atoms with van der Waals surface area (Å²) in [7, 11) is 0. The molecule has 1 fully saturated rings. The second-order valence-corrected chi connectivity index (χ2v) is 4.58. The molecule has 0 N–H and O–H groups in total. The van der Waals surface area contributed by atoms with E-state index in [1.165, 1.54) is 10.7 Å². The van der Waals surface area contributed by atoms with Gasteiger partial charge in [-0.3, -0.25) is 4.79 Å². The summed E-state index contributed by atoms with van der Waals surface area (Å²) in [4.78, 5) is 22.4. The standard InChI is InChI=1S/C13H15N5O/c19-12-5-1-8-16-18(12)10-11-4-2-9-17(11)13-14-6-3-7-15-13/h1,3,5-8,11H,2,4,9-10H2. The summed E-state index contributed by atoms with van der Waals surface area (Å²) in [5.74, 6) is 0.731. The molecule has 6 nitrogen and oxygen atoms in total. The molecule has 0 aromatic carbocycles. The second-order valence-electron chi connectivity index (χ2n) is 4.58. The van der Waals surface area contributed by atoms with Crippen LogP contribution >= 0.6 is 0 Å². The Hall–Kier alpha value is -2.24.